The third kappa shape index (κ3) is 7.66. The Morgan fingerprint density at radius 2 is 1.53 bits per heavy atom. The molecule has 3 atom stereocenters. The summed E-state index contributed by atoms with van der Waals surface area (Å²) in [6.07, 6.45) is 3.89. The lowest BCUT2D eigenvalue weighted by molar-refractivity contribution is -0.131. The maximum Gasteiger partial charge on any atom is 0.233 e. The van der Waals surface area contributed by atoms with Crippen LogP contribution in [0.25, 0.3) is 11.1 Å². The van der Waals surface area contributed by atoms with Gasteiger partial charge in [0.25, 0.3) is 0 Å². The maximum atomic E-state index is 13.7. The van der Waals surface area contributed by atoms with Crippen molar-refractivity contribution < 1.29 is 28.9 Å². The summed E-state index contributed by atoms with van der Waals surface area (Å²) >= 11 is 0. The van der Waals surface area contributed by atoms with Crippen molar-refractivity contribution in [1.82, 2.24) is 0 Å². The Hall–Kier alpha value is -4.36. The Morgan fingerprint density at radius 1 is 0.844 bits per heavy atom. The Balaban J connectivity index is 1.47. The molecule has 1 aliphatic heterocycles. The van der Waals surface area contributed by atoms with Gasteiger partial charge in [-0.05, 0) is 97.0 Å². The first kappa shape index (κ1) is 32.0. The molecule has 1 fully saturated rings. The van der Waals surface area contributed by atoms with Crippen LogP contribution >= 0.6 is 0 Å². The van der Waals surface area contributed by atoms with Crippen LogP contribution in [0, 0.1) is 11.7 Å². The predicted octanol–water partition coefficient (Wildman–Crippen LogP) is 8.77. The van der Waals surface area contributed by atoms with Gasteiger partial charge >= 0.3 is 0 Å². The molecule has 0 saturated carbocycles. The first-order chi connectivity index (χ1) is 21.9. The number of amides is 1. The van der Waals surface area contributed by atoms with Gasteiger partial charge in [0.05, 0.1) is 31.3 Å². The number of phenols is 1. The number of unbranched alkanes of at least 4 members (excludes halogenated alkanes) is 2. The molecule has 0 spiro atoms. The third-order valence-corrected chi connectivity index (χ3v) is 8.37. The highest BCUT2D eigenvalue weighted by Gasteiger charge is 2.49. The van der Waals surface area contributed by atoms with Gasteiger partial charge in [0.1, 0.15) is 23.1 Å². The number of aliphatic hydroxyl groups is 1. The van der Waals surface area contributed by atoms with E-state index in [4.69, 9.17) is 9.47 Å². The minimum Gasteiger partial charge on any atom is -0.508 e. The van der Waals surface area contributed by atoms with E-state index in [2.05, 4.69) is 19.9 Å². The lowest BCUT2D eigenvalue weighted by atomic mass is 9.77. The second kappa shape index (κ2) is 15.1. The summed E-state index contributed by atoms with van der Waals surface area (Å²) in [6.45, 7) is 5.47. The molecule has 0 aliphatic carbocycles. The quantitative estimate of drug-likeness (QED) is 0.104. The molecule has 236 valence electrons. The number of rotatable bonds is 15. The van der Waals surface area contributed by atoms with Gasteiger partial charge < -0.3 is 24.6 Å². The first-order valence-corrected chi connectivity index (χ1v) is 15.9. The van der Waals surface area contributed by atoms with E-state index in [1.54, 1.807) is 41.3 Å². The number of halogens is 1. The average molecular weight is 612 g/mol. The number of hydrogen-bond acceptors (Lipinski definition) is 5. The third-order valence-electron chi connectivity index (χ3n) is 8.37. The summed E-state index contributed by atoms with van der Waals surface area (Å²) in [5, 5.41) is 20.8. The van der Waals surface area contributed by atoms with Crippen molar-refractivity contribution in [2.24, 2.45) is 5.92 Å². The summed E-state index contributed by atoms with van der Waals surface area (Å²) in [6, 6.07) is 26.3. The normalized spacial score (nSPS) is 16.7. The van der Waals surface area contributed by atoms with Crippen LogP contribution in [-0.2, 0) is 4.79 Å². The number of ether oxygens (including phenoxy) is 2. The van der Waals surface area contributed by atoms with E-state index in [1.165, 1.54) is 12.1 Å². The molecule has 6 nitrogen and oxygen atoms in total. The lowest BCUT2D eigenvalue weighted by Crippen LogP contribution is -2.55. The number of aromatic hydroxyl groups is 1. The molecule has 4 aromatic rings. The topological polar surface area (TPSA) is 79.2 Å². The number of β-lactam (4-membered cyclic amide) rings is 1. The van der Waals surface area contributed by atoms with Crippen LogP contribution in [0.4, 0.5) is 10.1 Å². The molecule has 0 unspecified atom stereocenters. The highest BCUT2D eigenvalue weighted by molar-refractivity contribution is 6.03. The summed E-state index contributed by atoms with van der Waals surface area (Å²) < 4.78 is 25.8. The van der Waals surface area contributed by atoms with Gasteiger partial charge in [0.15, 0.2) is 0 Å². The zero-order chi connectivity index (χ0) is 31.8. The molecule has 1 heterocycles. The molecule has 7 heteroatoms. The zero-order valence-electron chi connectivity index (χ0n) is 26.0. The van der Waals surface area contributed by atoms with Crippen LogP contribution in [0.5, 0.6) is 17.2 Å². The smallest absolute Gasteiger partial charge is 0.233 e. The largest absolute Gasteiger partial charge is 0.508 e. The zero-order valence-corrected chi connectivity index (χ0v) is 26.0. The van der Waals surface area contributed by atoms with Crippen molar-refractivity contribution in [2.45, 2.75) is 64.5 Å². The molecule has 0 radical (unpaired) electrons. The number of carbonyl (C=O) groups excluding carboxylic acids is 1. The Labute approximate surface area is 265 Å². The molecule has 5 rings (SSSR count). The monoisotopic (exact) mass is 611 g/mol. The lowest BCUT2D eigenvalue weighted by Gasteiger charge is -2.48. The van der Waals surface area contributed by atoms with Gasteiger partial charge in [-0.15, -0.1) is 0 Å². The molecular formula is C38H42FNO5. The van der Waals surface area contributed by atoms with Crippen molar-refractivity contribution >= 4 is 11.6 Å². The molecule has 1 aliphatic rings. The molecule has 2 N–H and O–H groups in total. The highest BCUT2D eigenvalue weighted by atomic mass is 19.1. The maximum absolute atomic E-state index is 13.7. The number of carbonyl (C=O) groups is 1. The van der Waals surface area contributed by atoms with E-state index < -0.39 is 12.0 Å². The van der Waals surface area contributed by atoms with E-state index in [0.717, 1.165) is 48.1 Å². The van der Waals surface area contributed by atoms with Crippen LogP contribution < -0.4 is 14.4 Å². The van der Waals surface area contributed by atoms with Crippen LogP contribution in [0.15, 0.2) is 91.0 Å². The standard InChI is InChI=1S/C38H42FNO5/c1-3-5-22-44-32-9-7-8-27(24-32)28-12-19-33(36(25-28)45-23-6-4-2)37-34(20-21-35(42)26-10-13-29(39)14-11-26)38(43)40(37)30-15-17-31(41)18-16-30/h7-19,24-25,34-35,37,41-42H,3-6,20-23H2,1-2H3/t34-,35+,37-/m1/s1. The molecular weight excluding hydrogens is 569 g/mol. The molecule has 0 bridgehead atoms. The van der Waals surface area contributed by atoms with Crippen LogP contribution in [-0.4, -0.2) is 29.3 Å². The van der Waals surface area contributed by atoms with Gasteiger partial charge in [-0.1, -0.05) is 63.1 Å². The first-order valence-electron chi connectivity index (χ1n) is 15.9. The number of benzene rings is 4. The van der Waals surface area contributed by atoms with E-state index in [-0.39, 0.29) is 23.5 Å². The van der Waals surface area contributed by atoms with E-state index in [9.17, 15) is 19.4 Å². The van der Waals surface area contributed by atoms with Gasteiger partial charge in [0.2, 0.25) is 5.91 Å². The van der Waals surface area contributed by atoms with Crippen molar-refractivity contribution in [2.75, 3.05) is 18.1 Å². The average Bonchev–Trinajstić information content (AvgIpc) is 3.05. The van der Waals surface area contributed by atoms with Crippen molar-refractivity contribution in [3.8, 4) is 28.4 Å². The van der Waals surface area contributed by atoms with Gasteiger partial charge in [-0.2, -0.15) is 0 Å². The van der Waals surface area contributed by atoms with Crippen molar-refractivity contribution in [3.63, 3.8) is 0 Å². The number of anilines is 1. The van der Waals surface area contributed by atoms with Gasteiger partial charge in [0, 0.05) is 11.3 Å². The van der Waals surface area contributed by atoms with Gasteiger partial charge in [-0.25, -0.2) is 4.39 Å². The fraction of sp³-hybridized carbons (Fsp3) is 0.342. The Bertz CT molecular complexity index is 1560. The number of hydrogen-bond donors (Lipinski definition) is 2. The summed E-state index contributed by atoms with van der Waals surface area (Å²) in [5.74, 6) is 0.835. The fourth-order valence-electron chi connectivity index (χ4n) is 5.79. The van der Waals surface area contributed by atoms with E-state index in [0.29, 0.717) is 43.1 Å². The number of nitrogens with zero attached hydrogens (tertiary/aromatic N) is 1. The number of phenolic OH excluding ortho intramolecular Hbond substituents is 1. The summed E-state index contributed by atoms with van der Waals surface area (Å²) in [7, 11) is 0. The Kier molecular flexibility index (Phi) is 10.7. The predicted molar refractivity (Wildman–Crippen MR) is 175 cm³/mol. The summed E-state index contributed by atoms with van der Waals surface area (Å²) in [5.41, 5.74) is 4.17. The van der Waals surface area contributed by atoms with E-state index in [1.807, 2.05) is 36.4 Å². The molecule has 1 amide bonds. The molecule has 4 aromatic carbocycles. The molecule has 45 heavy (non-hydrogen) atoms. The Morgan fingerprint density at radius 3 is 2.24 bits per heavy atom. The van der Waals surface area contributed by atoms with E-state index >= 15 is 0 Å². The minimum atomic E-state index is -0.823. The number of aliphatic hydroxyl groups excluding tert-OH is 1. The van der Waals surface area contributed by atoms with Gasteiger partial charge in [-0.3, -0.25) is 4.79 Å². The highest BCUT2D eigenvalue weighted by Crippen LogP contribution is 2.49. The van der Waals surface area contributed by atoms with Crippen molar-refractivity contribution in [1.29, 1.82) is 0 Å². The van der Waals surface area contributed by atoms with Crippen molar-refractivity contribution in [3.05, 3.63) is 108 Å². The van der Waals surface area contributed by atoms with Crippen LogP contribution in [0.2, 0.25) is 0 Å². The van der Waals surface area contributed by atoms with Crippen LogP contribution in [0.3, 0.4) is 0 Å². The fourth-order valence-corrected chi connectivity index (χ4v) is 5.79. The second-order valence-corrected chi connectivity index (χ2v) is 11.6. The second-order valence-electron chi connectivity index (χ2n) is 11.6. The SMILES string of the molecule is CCCCOc1cccc(-c2ccc([C@@H]3[C@@H](CC[C@H](O)c4ccc(F)cc4)C(=O)N3c3ccc(O)cc3)c(OCCCC)c2)c1. The molecule has 0 aromatic heterocycles. The minimum absolute atomic E-state index is 0.0579. The summed E-state index contributed by atoms with van der Waals surface area (Å²) in [4.78, 5) is 15.5. The molecule has 1 saturated heterocycles. The van der Waals surface area contributed by atoms with Crippen LogP contribution in [0.1, 0.15) is 75.6 Å².